The molecule has 1 saturated carbocycles. The summed E-state index contributed by atoms with van der Waals surface area (Å²) in [5.41, 5.74) is 2.39. The number of allylic oxidation sites excluding steroid dienone is 7. The van der Waals surface area contributed by atoms with Gasteiger partial charge in [0, 0.05) is 12.3 Å². The molecule has 0 aromatic carbocycles. The Morgan fingerprint density at radius 3 is 2.59 bits per heavy atom. The highest BCUT2D eigenvalue weighted by Crippen LogP contribution is 2.43. The molecule has 0 heterocycles. The van der Waals surface area contributed by atoms with E-state index in [-0.39, 0.29) is 17.9 Å². The van der Waals surface area contributed by atoms with Gasteiger partial charge in [0.05, 0.1) is 6.61 Å². The Hall–Kier alpha value is -1.41. The average molecular weight is 302 g/mol. The first-order valence-corrected chi connectivity index (χ1v) is 8.11. The number of hydrogen-bond donors (Lipinski definition) is 1. The van der Waals surface area contributed by atoms with Crippen molar-refractivity contribution in [2.24, 2.45) is 17.3 Å². The van der Waals surface area contributed by atoms with Crippen LogP contribution in [0.15, 0.2) is 47.6 Å². The quantitative estimate of drug-likeness (QED) is 0.752. The standard InChI is InChI=1S/C20H30O2/c1-15(7-6-8-16(2)12-14-21)9-10-18-17(3)19(22)11-13-20(18,4)5/h6-10,12,17-18,21H,11,13-14H2,1-5H3/b8-6+,10-9+,15-7+,16-12+. The second-order valence-corrected chi connectivity index (χ2v) is 7.03. The van der Waals surface area contributed by atoms with Crippen molar-refractivity contribution in [1.29, 1.82) is 0 Å². The number of carbonyl (C=O) groups excluding carboxylic acids is 1. The normalized spacial score (nSPS) is 27.1. The van der Waals surface area contributed by atoms with Gasteiger partial charge in [-0.25, -0.2) is 0 Å². The molecule has 0 bridgehead atoms. The average Bonchev–Trinajstić information content (AvgIpc) is 2.43. The van der Waals surface area contributed by atoms with Crippen LogP contribution >= 0.6 is 0 Å². The summed E-state index contributed by atoms with van der Waals surface area (Å²) in [6.07, 6.45) is 13.8. The lowest BCUT2D eigenvalue weighted by Gasteiger charge is -2.40. The molecule has 0 saturated heterocycles. The third kappa shape index (κ3) is 5.42. The van der Waals surface area contributed by atoms with Gasteiger partial charge in [0.15, 0.2) is 0 Å². The van der Waals surface area contributed by atoms with Crippen LogP contribution in [0.25, 0.3) is 0 Å². The van der Waals surface area contributed by atoms with Gasteiger partial charge in [0.25, 0.3) is 0 Å². The molecule has 2 heteroatoms. The fraction of sp³-hybridized carbons (Fsp3) is 0.550. The number of aliphatic hydroxyl groups excluding tert-OH is 1. The summed E-state index contributed by atoms with van der Waals surface area (Å²) >= 11 is 0. The van der Waals surface area contributed by atoms with Gasteiger partial charge in [-0.2, -0.15) is 0 Å². The summed E-state index contributed by atoms with van der Waals surface area (Å²) in [6.45, 7) is 10.7. The highest BCUT2D eigenvalue weighted by atomic mass is 16.2. The molecule has 0 spiro atoms. The van der Waals surface area contributed by atoms with E-state index < -0.39 is 0 Å². The predicted octanol–water partition coefficient (Wildman–Crippen LogP) is 4.63. The van der Waals surface area contributed by atoms with Gasteiger partial charge in [0.1, 0.15) is 5.78 Å². The molecule has 1 N–H and O–H groups in total. The van der Waals surface area contributed by atoms with Gasteiger partial charge in [-0.1, -0.05) is 68.4 Å². The molecule has 22 heavy (non-hydrogen) atoms. The minimum Gasteiger partial charge on any atom is -0.392 e. The van der Waals surface area contributed by atoms with Crippen molar-refractivity contribution < 1.29 is 9.90 Å². The maximum Gasteiger partial charge on any atom is 0.136 e. The zero-order chi connectivity index (χ0) is 16.8. The van der Waals surface area contributed by atoms with Gasteiger partial charge < -0.3 is 5.11 Å². The number of carbonyl (C=O) groups is 1. The zero-order valence-electron chi connectivity index (χ0n) is 14.6. The maximum atomic E-state index is 12.0. The summed E-state index contributed by atoms with van der Waals surface area (Å²) in [5.74, 6) is 0.801. The first-order chi connectivity index (χ1) is 10.3. The van der Waals surface area contributed by atoms with Gasteiger partial charge >= 0.3 is 0 Å². The Bertz CT molecular complexity index is 504. The molecule has 122 valence electrons. The van der Waals surface area contributed by atoms with E-state index in [2.05, 4.69) is 39.8 Å². The molecule has 0 radical (unpaired) electrons. The van der Waals surface area contributed by atoms with Crippen LogP contribution in [0.2, 0.25) is 0 Å². The molecular weight excluding hydrogens is 272 g/mol. The van der Waals surface area contributed by atoms with Crippen molar-refractivity contribution in [2.45, 2.75) is 47.5 Å². The molecule has 0 amide bonds. The highest BCUT2D eigenvalue weighted by Gasteiger charge is 2.39. The first-order valence-electron chi connectivity index (χ1n) is 8.11. The Labute approximate surface area is 135 Å². The van der Waals surface area contributed by atoms with Crippen LogP contribution < -0.4 is 0 Å². The molecule has 0 aromatic rings. The van der Waals surface area contributed by atoms with E-state index >= 15 is 0 Å². The summed E-state index contributed by atoms with van der Waals surface area (Å²) in [7, 11) is 0. The lowest BCUT2D eigenvalue weighted by molar-refractivity contribution is -0.128. The Morgan fingerprint density at radius 1 is 1.27 bits per heavy atom. The molecule has 1 rings (SSSR count). The smallest absolute Gasteiger partial charge is 0.136 e. The van der Waals surface area contributed by atoms with Gasteiger partial charge in [0.2, 0.25) is 0 Å². The highest BCUT2D eigenvalue weighted by molar-refractivity contribution is 5.82. The van der Waals surface area contributed by atoms with E-state index in [1.54, 1.807) is 6.08 Å². The molecule has 2 atom stereocenters. The van der Waals surface area contributed by atoms with Crippen molar-refractivity contribution in [3.8, 4) is 0 Å². The second-order valence-electron chi connectivity index (χ2n) is 7.03. The van der Waals surface area contributed by atoms with Crippen molar-refractivity contribution in [2.75, 3.05) is 6.61 Å². The molecule has 1 fully saturated rings. The van der Waals surface area contributed by atoms with Gasteiger partial charge in [-0.3, -0.25) is 4.79 Å². The molecule has 2 nitrogen and oxygen atoms in total. The van der Waals surface area contributed by atoms with Crippen LogP contribution in [-0.2, 0) is 4.79 Å². The third-order valence-electron chi connectivity index (χ3n) is 4.66. The van der Waals surface area contributed by atoms with Crippen molar-refractivity contribution in [3.63, 3.8) is 0 Å². The number of rotatable bonds is 5. The van der Waals surface area contributed by atoms with Crippen LogP contribution in [-0.4, -0.2) is 17.5 Å². The number of ketones is 1. The van der Waals surface area contributed by atoms with Crippen LogP contribution in [0.1, 0.15) is 47.5 Å². The van der Waals surface area contributed by atoms with E-state index in [4.69, 9.17) is 5.11 Å². The number of aliphatic hydroxyl groups is 1. The molecule has 1 aliphatic rings. The maximum absolute atomic E-state index is 12.0. The monoisotopic (exact) mass is 302 g/mol. The van der Waals surface area contributed by atoms with E-state index in [1.807, 2.05) is 25.2 Å². The Morgan fingerprint density at radius 2 is 1.95 bits per heavy atom. The fourth-order valence-electron chi connectivity index (χ4n) is 3.02. The lowest BCUT2D eigenvalue weighted by Crippen LogP contribution is -2.37. The summed E-state index contributed by atoms with van der Waals surface area (Å²) in [6, 6.07) is 0. The first kappa shape index (κ1) is 18.6. The Balaban J connectivity index is 2.76. The molecule has 0 aromatic heterocycles. The van der Waals surface area contributed by atoms with E-state index in [0.29, 0.717) is 18.1 Å². The second kappa shape index (κ2) is 8.28. The minimum absolute atomic E-state index is 0.0709. The summed E-state index contributed by atoms with van der Waals surface area (Å²) < 4.78 is 0. The number of hydrogen-bond acceptors (Lipinski definition) is 2. The summed E-state index contributed by atoms with van der Waals surface area (Å²) in [4.78, 5) is 12.0. The number of Topliss-reactive ketones (excluding diaryl/α,β-unsaturated/α-hetero) is 1. The summed E-state index contributed by atoms with van der Waals surface area (Å²) in [5, 5.41) is 8.80. The van der Waals surface area contributed by atoms with Gasteiger partial charge in [-0.15, -0.1) is 0 Å². The molecule has 0 aliphatic heterocycles. The third-order valence-corrected chi connectivity index (χ3v) is 4.66. The largest absolute Gasteiger partial charge is 0.392 e. The SMILES string of the molecule is CC(/C=C/C1C(C)C(=O)CCC1(C)C)=C\C=C\C(C)=C\CO. The topological polar surface area (TPSA) is 37.3 Å². The van der Waals surface area contributed by atoms with Crippen LogP contribution in [0, 0.1) is 17.3 Å². The van der Waals surface area contributed by atoms with Gasteiger partial charge in [-0.05, 0) is 31.6 Å². The van der Waals surface area contributed by atoms with Crippen LogP contribution in [0.5, 0.6) is 0 Å². The van der Waals surface area contributed by atoms with Crippen LogP contribution in [0.3, 0.4) is 0 Å². The van der Waals surface area contributed by atoms with Crippen molar-refractivity contribution >= 4 is 5.78 Å². The Kier molecular flexibility index (Phi) is 7.02. The minimum atomic E-state index is 0.0709. The van der Waals surface area contributed by atoms with Crippen molar-refractivity contribution in [1.82, 2.24) is 0 Å². The van der Waals surface area contributed by atoms with E-state index in [1.165, 1.54) is 0 Å². The molecule has 1 aliphatic carbocycles. The molecular formula is C20H30O2. The predicted molar refractivity (Wildman–Crippen MR) is 93.6 cm³/mol. The van der Waals surface area contributed by atoms with Crippen LogP contribution in [0.4, 0.5) is 0 Å². The van der Waals surface area contributed by atoms with E-state index in [9.17, 15) is 4.79 Å². The van der Waals surface area contributed by atoms with Crippen molar-refractivity contribution in [3.05, 3.63) is 47.6 Å². The zero-order valence-corrected chi connectivity index (χ0v) is 14.6. The lowest BCUT2D eigenvalue weighted by atomic mass is 9.63. The fourth-order valence-corrected chi connectivity index (χ4v) is 3.02. The molecule has 2 unspecified atom stereocenters. The van der Waals surface area contributed by atoms with E-state index in [0.717, 1.165) is 17.6 Å².